The molecule has 0 fully saturated rings. The molecule has 9 heteroatoms. The van der Waals surface area contributed by atoms with E-state index in [2.05, 4.69) is 10.5 Å². The Kier molecular flexibility index (Phi) is 5.25. The Morgan fingerprint density at radius 1 is 1.61 bits per heavy atom. The Balaban J connectivity index is 2.36. The van der Waals surface area contributed by atoms with Crippen molar-refractivity contribution in [3.05, 3.63) is 17.5 Å². The molecule has 1 aromatic heterocycles. The Morgan fingerprint density at radius 2 is 2.33 bits per heavy atom. The van der Waals surface area contributed by atoms with Gasteiger partial charge in [0.25, 0.3) is 5.91 Å². The number of nitrogens with two attached hydrogens (primary N) is 1. The molecule has 3 N–H and O–H groups in total. The Hall–Kier alpha value is -1.45. The van der Waals surface area contributed by atoms with E-state index in [1.165, 1.54) is 13.2 Å². The summed E-state index contributed by atoms with van der Waals surface area (Å²) in [4.78, 5) is 11.5. The average molecular weight is 277 g/mol. The summed E-state index contributed by atoms with van der Waals surface area (Å²) in [5.74, 6) is -0.177. The van der Waals surface area contributed by atoms with Crippen molar-refractivity contribution in [2.75, 3.05) is 19.4 Å². The van der Waals surface area contributed by atoms with Crippen LogP contribution in [-0.2, 0) is 21.4 Å². The number of carbonyl (C=O) groups is 1. The first-order valence-corrected chi connectivity index (χ1v) is 6.87. The van der Waals surface area contributed by atoms with Crippen molar-refractivity contribution in [1.29, 1.82) is 0 Å². The van der Waals surface area contributed by atoms with Crippen LogP contribution in [0.4, 0.5) is 0 Å². The monoisotopic (exact) mass is 277 g/mol. The fourth-order valence-corrected chi connectivity index (χ4v) is 1.74. The normalized spacial score (nSPS) is 11.4. The average Bonchev–Trinajstić information content (AvgIpc) is 2.72. The quantitative estimate of drug-likeness (QED) is 0.630. The number of hydrogen-bond acceptors (Lipinski definition) is 6. The second-order valence-corrected chi connectivity index (χ2v) is 5.32. The summed E-state index contributed by atoms with van der Waals surface area (Å²) in [6.07, 6.45) is 0.243. The molecule has 8 nitrogen and oxygen atoms in total. The highest BCUT2D eigenvalue weighted by Crippen LogP contribution is 2.04. The molecule has 0 aliphatic heterocycles. The van der Waals surface area contributed by atoms with E-state index < -0.39 is 15.9 Å². The van der Waals surface area contributed by atoms with Crippen LogP contribution in [0.5, 0.6) is 0 Å². The van der Waals surface area contributed by atoms with Crippen LogP contribution in [0.1, 0.15) is 22.7 Å². The Labute approximate surface area is 105 Å². The van der Waals surface area contributed by atoms with Gasteiger partial charge >= 0.3 is 0 Å². The van der Waals surface area contributed by atoms with Crippen LogP contribution in [0.25, 0.3) is 0 Å². The topological polar surface area (TPSA) is 125 Å². The van der Waals surface area contributed by atoms with Crippen LogP contribution in [0, 0.1) is 0 Å². The van der Waals surface area contributed by atoms with Crippen molar-refractivity contribution in [2.45, 2.75) is 13.0 Å². The highest BCUT2D eigenvalue weighted by atomic mass is 32.2. The van der Waals surface area contributed by atoms with Gasteiger partial charge in [-0.05, 0) is 6.42 Å². The van der Waals surface area contributed by atoms with E-state index in [4.69, 9.17) is 14.4 Å². The molecule has 0 aliphatic rings. The molecule has 102 valence electrons. The van der Waals surface area contributed by atoms with Gasteiger partial charge in [0.15, 0.2) is 11.5 Å². The van der Waals surface area contributed by atoms with E-state index >= 15 is 0 Å². The molecule has 0 saturated carbocycles. The van der Waals surface area contributed by atoms with Crippen molar-refractivity contribution >= 4 is 15.9 Å². The van der Waals surface area contributed by atoms with Gasteiger partial charge in [-0.25, -0.2) is 13.6 Å². The lowest BCUT2D eigenvalue weighted by Gasteiger charge is -2.01. The maximum atomic E-state index is 11.5. The zero-order valence-corrected chi connectivity index (χ0v) is 10.7. The standard InChI is InChI=1S/C9H15N3O5S/c1-16-6-7-5-8(12-17-7)9(13)11-3-2-4-18(10,14)15/h5H,2-4,6H2,1H3,(H,11,13)(H2,10,14,15). The van der Waals surface area contributed by atoms with Gasteiger partial charge in [-0.2, -0.15) is 0 Å². The largest absolute Gasteiger partial charge is 0.377 e. The number of sulfonamides is 1. The van der Waals surface area contributed by atoms with Crippen molar-refractivity contribution < 1.29 is 22.5 Å². The number of amides is 1. The predicted octanol–water partition coefficient (Wildman–Crippen LogP) is -0.771. The third kappa shape index (κ3) is 5.25. The van der Waals surface area contributed by atoms with Crippen LogP contribution >= 0.6 is 0 Å². The third-order valence-electron chi connectivity index (χ3n) is 1.97. The first kappa shape index (κ1) is 14.6. The maximum Gasteiger partial charge on any atom is 0.273 e. The molecular formula is C9H15N3O5S. The van der Waals surface area contributed by atoms with Gasteiger partial charge < -0.3 is 14.6 Å². The zero-order valence-electron chi connectivity index (χ0n) is 9.88. The minimum absolute atomic E-state index is 0.123. The van der Waals surface area contributed by atoms with Gasteiger partial charge in [-0.1, -0.05) is 5.16 Å². The van der Waals surface area contributed by atoms with Gasteiger partial charge in [0.05, 0.1) is 5.75 Å². The lowest BCUT2D eigenvalue weighted by Crippen LogP contribution is -2.27. The van der Waals surface area contributed by atoms with Crippen LogP contribution in [0.3, 0.4) is 0 Å². The van der Waals surface area contributed by atoms with Crippen molar-refractivity contribution in [3.8, 4) is 0 Å². The lowest BCUT2D eigenvalue weighted by molar-refractivity contribution is 0.0944. The molecular weight excluding hydrogens is 262 g/mol. The van der Waals surface area contributed by atoms with E-state index in [1.807, 2.05) is 0 Å². The summed E-state index contributed by atoms with van der Waals surface area (Å²) >= 11 is 0. The number of ether oxygens (including phenoxy) is 1. The highest BCUT2D eigenvalue weighted by molar-refractivity contribution is 7.89. The number of hydrogen-bond donors (Lipinski definition) is 2. The number of nitrogens with zero attached hydrogens (tertiary/aromatic N) is 1. The summed E-state index contributed by atoms with van der Waals surface area (Å²) in [6.45, 7) is 0.424. The third-order valence-corrected chi connectivity index (χ3v) is 2.83. The number of primary sulfonamides is 1. The molecule has 0 aliphatic carbocycles. The Bertz CT molecular complexity index is 496. The number of methoxy groups -OCH3 is 1. The molecule has 18 heavy (non-hydrogen) atoms. The van der Waals surface area contributed by atoms with Gasteiger partial charge in [0.1, 0.15) is 6.61 Å². The summed E-state index contributed by atoms with van der Waals surface area (Å²) < 4.78 is 30.9. The molecule has 0 spiro atoms. The van der Waals surface area contributed by atoms with Crippen molar-refractivity contribution in [1.82, 2.24) is 10.5 Å². The summed E-state index contributed by atoms with van der Waals surface area (Å²) in [5, 5.41) is 10.9. The number of aromatic nitrogens is 1. The first-order chi connectivity index (χ1) is 8.42. The van der Waals surface area contributed by atoms with Crippen LogP contribution in [-0.4, -0.2) is 38.9 Å². The zero-order chi connectivity index (χ0) is 13.6. The maximum absolute atomic E-state index is 11.5. The molecule has 1 aromatic rings. The van der Waals surface area contributed by atoms with E-state index in [0.29, 0.717) is 5.76 Å². The van der Waals surface area contributed by atoms with Gasteiger partial charge in [0, 0.05) is 19.7 Å². The summed E-state index contributed by atoms with van der Waals surface area (Å²) in [7, 11) is -2.00. The highest BCUT2D eigenvalue weighted by Gasteiger charge is 2.12. The molecule has 0 unspecified atom stereocenters. The molecule has 1 heterocycles. The van der Waals surface area contributed by atoms with Crippen LogP contribution in [0.2, 0.25) is 0 Å². The van der Waals surface area contributed by atoms with Gasteiger partial charge in [-0.15, -0.1) is 0 Å². The van der Waals surface area contributed by atoms with Gasteiger partial charge in [-0.3, -0.25) is 4.79 Å². The summed E-state index contributed by atoms with van der Waals surface area (Å²) in [6, 6.07) is 1.46. The van der Waals surface area contributed by atoms with E-state index in [-0.39, 0.29) is 31.0 Å². The lowest BCUT2D eigenvalue weighted by atomic mass is 10.3. The molecule has 0 aromatic carbocycles. The smallest absolute Gasteiger partial charge is 0.273 e. The predicted molar refractivity (Wildman–Crippen MR) is 62.1 cm³/mol. The molecule has 0 atom stereocenters. The number of nitrogens with one attached hydrogen (secondary N) is 1. The SMILES string of the molecule is COCc1cc(C(=O)NCCCS(N)(=O)=O)no1. The molecule has 1 rings (SSSR count). The molecule has 0 radical (unpaired) electrons. The van der Waals surface area contributed by atoms with Crippen molar-refractivity contribution in [2.24, 2.45) is 5.14 Å². The molecule has 0 saturated heterocycles. The number of carbonyl (C=O) groups excluding carboxylic acids is 1. The Morgan fingerprint density at radius 3 is 2.94 bits per heavy atom. The second kappa shape index (κ2) is 6.47. The minimum atomic E-state index is -3.49. The number of rotatable bonds is 7. The molecule has 0 bridgehead atoms. The second-order valence-electron chi connectivity index (χ2n) is 3.59. The summed E-state index contributed by atoms with van der Waals surface area (Å²) in [5.41, 5.74) is 0.123. The fraction of sp³-hybridized carbons (Fsp3) is 0.556. The van der Waals surface area contributed by atoms with Crippen LogP contribution < -0.4 is 10.5 Å². The fourth-order valence-electron chi connectivity index (χ4n) is 1.20. The first-order valence-electron chi connectivity index (χ1n) is 5.15. The van der Waals surface area contributed by atoms with Crippen LogP contribution in [0.15, 0.2) is 10.6 Å². The minimum Gasteiger partial charge on any atom is -0.377 e. The molecule has 1 amide bonds. The van der Waals surface area contributed by atoms with Gasteiger partial charge in [0.2, 0.25) is 10.0 Å². The van der Waals surface area contributed by atoms with Crippen molar-refractivity contribution in [3.63, 3.8) is 0 Å². The van der Waals surface area contributed by atoms with E-state index in [9.17, 15) is 13.2 Å². The van der Waals surface area contributed by atoms with E-state index in [1.54, 1.807) is 0 Å². The van der Waals surface area contributed by atoms with E-state index in [0.717, 1.165) is 0 Å².